The van der Waals surface area contributed by atoms with Gasteiger partial charge in [-0.1, -0.05) is 6.92 Å². The van der Waals surface area contributed by atoms with Crippen molar-refractivity contribution < 1.29 is 4.74 Å². The molecule has 2 saturated heterocycles. The van der Waals surface area contributed by atoms with Gasteiger partial charge in [-0.3, -0.25) is 4.90 Å². The van der Waals surface area contributed by atoms with Crippen LogP contribution in [0, 0.1) is 0 Å². The van der Waals surface area contributed by atoms with Crippen molar-refractivity contribution in [3.05, 3.63) is 18.2 Å². The summed E-state index contributed by atoms with van der Waals surface area (Å²) in [6, 6.07) is 0. The molecule has 3 rings (SSSR count). The highest BCUT2D eigenvalue weighted by Crippen LogP contribution is 2.32. The van der Waals surface area contributed by atoms with Crippen molar-refractivity contribution in [1.82, 2.24) is 19.8 Å². The van der Waals surface area contributed by atoms with Crippen LogP contribution in [0.15, 0.2) is 12.5 Å². The van der Waals surface area contributed by atoms with E-state index < -0.39 is 0 Å². The summed E-state index contributed by atoms with van der Waals surface area (Å²) in [7, 11) is 0. The summed E-state index contributed by atoms with van der Waals surface area (Å²) < 4.78 is 7.77. The van der Waals surface area contributed by atoms with Gasteiger partial charge in [0.2, 0.25) is 0 Å². The van der Waals surface area contributed by atoms with E-state index in [-0.39, 0.29) is 5.41 Å². The maximum atomic E-state index is 5.40. The van der Waals surface area contributed by atoms with Crippen LogP contribution in [-0.2, 0) is 16.7 Å². The Morgan fingerprint density at radius 1 is 1.25 bits per heavy atom. The summed E-state index contributed by atoms with van der Waals surface area (Å²) in [6.45, 7) is 10.6. The van der Waals surface area contributed by atoms with E-state index in [1.54, 1.807) is 0 Å². The molecule has 0 aromatic carbocycles. The normalized spacial score (nSPS) is 23.9. The van der Waals surface area contributed by atoms with Gasteiger partial charge in [0.25, 0.3) is 0 Å². The number of nitrogens with one attached hydrogen (secondary N) is 1. The van der Waals surface area contributed by atoms with E-state index in [2.05, 4.69) is 32.9 Å². The zero-order valence-electron chi connectivity index (χ0n) is 12.5. The lowest BCUT2D eigenvalue weighted by Gasteiger charge is -2.35. The molecule has 1 aromatic rings. The van der Waals surface area contributed by atoms with Crippen molar-refractivity contribution in [1.29, 1.82) is 0 Å². The summed E-state index contributed by atoms with van der Waals surface area (Å²) in [6.07, 6.45) is 6.49. The molecule has 2 fully saturated rings. The zero-order valence-corrected chi connectivity index (χ0v) is 12.5. The summed E-state index contributed by atoms with van der Waals surface area (Å²) in [5, 5.41) is 3.45. The lowest BCUT2D eigenvalue weighted by atomic mass is 9.78. The molecule has 5 heteroatoms. The molecule has 0 spiro atoms. The third-order valence-electron chi connectivity index (χ3n) is 4.80. The van der Waals surface area contributed by atoms with Crippen molar-refractivity contribution >= 4 is 0 Å². The molecule has 3 heterocycles. The molecule has 2 aliphatic rings. The van der Waals surface area contributed by atoms with Gasteiger partial charge in [0, 0.05) is 43.5 Å². The summed E-state index contributed by atoms with van der Waals surface area (Å²) in [5.41, 5.74) is 1.69. The van der Waals surface area contributed by atoms with E-state index in [9.17, 15) is 0 Å². The quantitative estimate of drug-likeness (QED) is 0.887. The monoisotopic (exact) mass is 278 g/mol. The van der Waals surface area contributed by atoms with Crippen LogP contribution < -0.4 is 5.32 Å². The first-order chi connectivity index (χ1) is 9.78. The fourth-order valence-corrected chi connectivity index (χ4v) is 3.31. The van der Waals surface area contributed by atoms with Gasteiger partial charge in [0.15, 0.2) is 0 Å². The largest absolute Gasteiger partial charge is 0.379 e. The Labute approximate surface area is 121 Å². The van der Waals surface area contributed by atoms with E-state index in [1.807, 2.05) is 6.33 Å². The minimum absolute atomic E-state index is 0.284. The van der Waals surface area contributed by atoms with Gasteiger partial charge >= 0.3 is 0 Å². The lowest BCUT2D eigenvalue weighted by Crippen LogP contribution is -2.40. The highest BCUT2D eigenvalue weighted by atomic mass is 16.5. The van der Waals surface area contributed by atoms with E-state index in [4.69, 9.17) is 4.74 Å². The molecule has 0 atom stereocenters. The smallest absolute Gasteiger partial charge is 0.0948 e. The van der Waals surface area contributed by atoms with Crippen LogP contribution in [-0.4, -0.2) is 60.4 Å². The minimum Gasteiger partial charge on any atom is -0.379 e. The van der Waals surface area contributed by atoms with Gasteiger partial charge in [-0.2, -0.15) is 0 Å². The van der Waals surface area contributed by atoms with Crippen molar-refractivity contribution in [2.24, 2.45) is 0 Å². The van der Waals surface area contributed by atoms with Gasteiger partial charge in [0.1, 0.15) is 0 Å². The Hall–Kier alpha value is -0.910. The number of morpholine rings is 1. The molecule has 5 nitrogen and oxygen atoms in total. The standard InChI is InChI=1S/C15H26N4O/c1-15(2-4-16-5-3-15)14-12-17-13-19(14)7-6-18-8-10-20-11-9-18/h12-13,16H,2-11H2,1H3. The van der Waals surface area contributed by atoms with Crippen molar-refractivity contribution in [3.63, 3.8) is 0 Å². The Bertz CT molecular complexity index is 419. The number of aromatic nitrogens is 2. The summed E-state index contributed by atoms with van der Waals surface area (Å²) in [4.78, 5) is 6.89. The predicted octanol–water partition coefficient (Wildman–Crippen LogP) is 0.856. The van der Waals surface area contributed by atoms with Crippen molar-refractivity contribution in [2.75, 3.05) is 45.9 Å². The fourth-order valence-electron chi connectivity index (χ4n) is 3.31. The molecule has 1 aromatic heterocycles. The number of piperidine rings is 1. The van der Waals surface area contributed by atoms with Crippen molar-refractivity contribution in [2.45, 2.75) is 31.7 Å². The Morgan fingerprint density at radius 3 is 2.75 bits per heavy atom. The Morgan fingerprint density at radius 2 is 2.00 bits per heavy atom. The average Bonchev–Trinajstić information content (AvgIpc) is 2.96. The molecule has 112 valence electrons. The van der Waals surface area contributed by atoms with Crippen LogP contribution in [0.3, 0.4) is 0 Å². The molecule has 1 N–H and O–H groups in total. The molecule has 0 bridgehead atoms. The third kappa shape index (κ3) is 3.05. The van der Waals surface area contributed by atoms with Crippen LogP contribution >= 0.6 is 0 Å². The number of imidazole rings is 1. The number of hydrogen-bond acceptors (Lipinski definition) is 4. The second-order valence-electron chi connectivity index (χ2n) is 6.24. The maximum absolute atomic E-state index is 5.40. The molecule has 0 saturated carbocycles. The Balaban J connectivity index is 1.63. The van der Waals surface area contributed by atoms with Gasteiger partial charge < -0.3 is 14.6 Å². The number of hydrogen-bond donors (Lipinski definition) is 1. The molecule has 2 aliphatic heterocycles. The van der Waals surface area contributed by atoms with Gasteiger partial charge in [0.05, 0.1) is 19.5 Å². The topological polar surface area (TPSA) is 42.3 Å². The van der Waals surface area contributed by atoms with Crippen LogP contribution in [0.4, 0.5) is 0 Å². The van der Waals surface area contributed by atoms with Crippen LogP contribution in [0.25, 0.3) is 0 Å². The van der Waals surface area contributed by atoms with E-state index in [0.717, 1.165) is 52.5 Å². The van der Waals surface area contributed by atoms with Gasteiger partial charge in [-0.05, 0) is 25.9 Å². The number of ether oxygens (including phenoxy) is 1. The fraction of sp³-hybridized carbons (Fsp3) is 0.800. The second kappa shape index (κ2) is 6.24. The molecule has 20 heavy (non-hydrogen) atoms. The molecule has 0 aliphatic carbocycles. The zero-order chi connectivity index (χ0) is 13.8. The predicted molar refractivity (Wildman–Crippen MR) is 78.9 cm³/mol. The van der Waals surface area contributed by atoms with Gasteiger partial charge in [-0.15, -0.1) is 0 Å². The molecular weight excluding hydrogens is 252 g/mol. The first-order valence-corrected chi connectivity index (χ1v) is 7.79. The van der Waals surface area contributed by atoms with Crippen LogP contribution in [0.1, 0.15) is 25.5 Å². The van der Waals surface area contributed by atoms with E-state index in [0.29, 0.717) is 0 Å². The SMILES string of the molecule is CC1(c2cncn2CCN2CCOCC2)CCNCC1. The average molecular weight is 278 g/mol. The summed E-state index contributed by atoms with van der Waals surface area (Å²) >= 11 is 0. The highest BCUT2D eigenvalue weighted by molar-refractivity contribution is 5.15. The van der Waals surface area contributed by atoms with Crippen LogP contribution in [0.2, 0.25) is 0 Å². The molecule has 0 amide bonds. The number of rotatable bonds is 4. The summed E-state index contributed by atoms with van der Waals surface area (Å²) in [5.74, 6) is 0. The third-order valence-corrected chi connectivity index (χ3v) is 4.80. The van der Waals surface area contributed by atoms with Crippen LogP contribution in [0.5, 0.6) is 0 Å². The van der Waals surface area contributed by atoms with E-state index in [1.165, 1.54) is 18.5 Å². The molecule has 0 radical (unpaired) electrons. The molecule has 0 unspecified atom stereocenters. The highest BCUT2D eigenvalue weighted by Gasteiger charge is 2.31. The maximum Gasteiger partial charge on any atom is 0.0948 e. The first-order valence-electron chi connectivity index (χ1n) is 7.79. The second-order valence-corrected chi connectivity index (χ2v) is 6.24. The van der Waals surface area contributed by atoms with Crippen molar-refractivity contribution in [3.8, 4) is 0 Å². The van der Waals surface area contributed by atoms with E-state index >= 15 is 0 Å². The minimum atomic E-state index is 0.284. The first kappa shape index (κ1) is 14.0. The number of nitrogens with zero attached hydrogens (tertiary/aromatic N) is 3. The van der Waals surface area contributed by atoms with Gasteiger partial charge in [-0.25, -0.2) is 4.98 Å². The lowest BCUT2D eigenvalue weighted by molar-refractivity contribution is 0.0361. The molecular formula is C15H26N4O. The Kier molecular flexibility index (Phi) is 4.38.